The lowest BCUT2D eigenvalue weighted by molar-refractivity contribution is -0.122. The molecule has 2 rings (SSSR count). The van der Waals surface area contributed by atoms with Crippen LogP contribution in [0.25, 0.3) is 10.4 Å². The summed E-state index contributed by atoms with van der Waals surface area (Å²) in [5.74, 6) is 0.476. The van der Waals surface area contributed by atoms with E-state index in [1.165, 1.54) is 0 Å². The van der Waals surface area contributed by atoms with Crippen molar-refractivity contribution in [3.8, 4) is 0 Å². The molecule has 1 saturated carbocycles. The second-order valence-electron chi connectivity index (χ2n) is 3.84. The van der Waals surface area contributed by atoms with Crippen molar-refractivity contribution < 1.29 is 4.79 Å². The number of hydrogen-bond acceptors (Lipinski definition) is 2. The molecule has 5 heteroatoms. The SMILES string of the molecule is [N-]=[N+]=NC1CC2CCC(C2)NC1=O. The van der Waals surface area contributed by atoms with Crippen LogP contribution < -0.4 is 5.32 Å². The van der Waals surface area contributed by atoms with Gasteiger partial charge in [-0.2, -0.15) is 0 Å². The lowest BCUT2D eigenvalue weighted by atomic mass is 9.99. The molecule has 2 fully saturated rings. The highest BCUT2D eigenvalue weighted by atomic mass is 16.2. The average Bonchev–Trinajstić information content (AvgIpc) is 2.45. The zero-order valence-electron chi connectivity index (χ0n) is 7.31. The maximum absolute atomic E-state index is 11.4. The highest BCUT2D eigenvalue weighted by Gasteiger charge is 2.34. The first-order chi connectivity index (χ1) is 6.29. The van der Waals surface area contributed by atoms with E-state index >= 15 is 0 Å². The molecule has 5 nitrogen and oxygen atoms in total. The highest BCUT2D eigenvalue weighted by molar-refractivity contribution is 5.82. The minimum absolute atomic E-state index is 0.0926. The number of carbonyl (C=O) groups excluding carboxylic acids is 1. The lowest BCUT2D eigenvalue weighted by Gasteiger charge is -2.14. The van der Waals surface area contributed by atoms with E-state index in [9.17, 15) is 4.79 Å². The number of nitrogens with one attached hydrogen (secondary N) is 1. The molecule has 2 bridgehead atoms. The van der Waals surface area contributed by atoms with Crippen LogP contribution in [-0.4, -0.2) is 18.0 Å². The molecule has 70 valence electrons. The molecule has 1 aliphatic carbocycles. The number of rotatable bonds is 1. The van der Waals surface area contributed by atoms with Crippen LogP contribution in [0, 0.1) is 5.92 Å². The van der Waals surface area contributed by atoms with Gasteiger partial charge in [0.25, 0.3) is 0 Å². The van der Waals surface area contributed by atoms with Gasteiger partial charge in [-0.3, -0.25) is 4.79 Å². The van der Waals surface area contributed by atoms with Crippen LogP contribution in [0.1, 0.15) is 25.7 Å². The summed E-state index contributed by atoms with van der Waals surface area (Å²) in [6, 6.07) is -0.142. The summed E-state index contributed by atoms with van der Waals surface area (Å²) in [6.07, 6.45) is 4.03. The number of amides is 1. The fourth-order valence-electron chi connectivity index (χ4n) is 2.30. The topological polar surface area (TPSA) is 77.9 Å². The van der Waals surface area contributed by atoms with E-state index in [2.05, 4.69) is 15.3 Å². The lowest BCUT2D eigenvalue weighted by Crippen LogP contribution is -2.37. The number of hydrogen-bond donors (Lipinski definition) is 1. The quantitative estimate of drug-likeness (QED) is 0.369. The minimum atomic E-state index is -0.472. The van der Waals surface area contributed by atoms with E-state index < -0.39 is 6.04 Å². The Hall–Kier alpha value is -1.22. The smallest absolute Gasteiger partial charge is 0.229 e. The Balaban J connectivity index is 2.13. The van der Waals surface area contributed by atoms with E-state index in [0.29, 0.717) is 12.0 Å². The minimum Gasteiger partial charge on any atom is -0.353 e. The fourth-order valence-corrected chi connectivity index (χ4v) is 2.30. The second kappa shape index (κ2) is 3.26. The largest absolute Gasteiger partial charge is 0.353 e. The summed E-state index contributed by atoms with van der Waals surface area (Å²) >= 11 is 0. The Bertz CT molecular complexity index is 271. The molecule has 2 aliphatic rings. The average molecular weight is 180 g/mol. The number of carbonyl (C=O) groups is 1. The summed E-state index contributed by atoms with van der Waals surface area (Å²) in [4.78, 5) is 14.1. The highest BCUT2D eigenvalue weighted by Crippen LogP contribution is 2.32. The predicted molar refractivity (Wildman–Crippen MR) is 46.8 cm³/mol. The van der Waals surface area contributed by atoms with Crippen LogP contribution in [0.2, 0.25) is 0 Å². The molecule has 1 N–H and O–H groups in total. The normalized spacial score (nSPS) is 37.5. The molecular formula is C8H12N4O. The van der Waals surface area contributed by atoms with Crippen molar-refractivity contribution >= 4 is 5.91 Å². The molecule has 1 heterocycles. The Morgan fingerprint density at radius 3 is 3.08 bits per heavy atom. The Morgan fingerprint density at radius 1 is 1.46 bits per heavy atom. The third kappa shape index (κ3) is 1.60. The predicted octanol–water partition coefficient (Wildman–Crippen LogP) is 1.35. The van der Waals surface area contributed by atoms with E-state index in [0.717, 1.165) is 25.7 Å². The molecule has 0 aromatic carbocycles. The van der Waals surface area contributed by atoms with Crippen LogP contribution in [0.5, 0.6) is 0 Å². The first-order valence-corrected chi connectivity index (χ1v) is 4.64. The molecule has 3 atom stereocenters. The zero-order valence-corrected chi connectivity index (χ0v) is 7.31. The monoisotopic (exact) mass is 180 g/mol. The molecule has 13 heavy (non-hydrogen) atoms. The third-order valence-electron chi connectivity index (χ3n) is 2.94. The summed E-state index contributed by atoms with van der Waals surface area (Å²) in [7, 11) is 0. The Morgan fingerprint density at radius 2 is 2.31 bits per heavy atom. The van der Waals surface area contributed by atoms with Gasteiger partial charge in [0.15, 0.2) is 0 Å². The first-order valence-electron chi connectivity index (χ1n) is 4.64. The van der Waals surface area contributed by atoms with E-state index in [-0.39, 0.29) is 5.91 Å². The van der Waals surface area contributed by atoms with Gasteiger partial charge in [0.05, 0.1) is 0 Å². The molecular weight excluding hydrogens is 168 g/mol. The van der Waals surface area contributed by atoms with E-state index in [4.69, 9.17) is 5.53 Å². The zero-order chi connectivity index (χ0) is 9.26. The molecule has 1 saturated heterocycles. The van der Waals surface area contributed by atoms with Gasteiger partial charge in [-0.15, -0.1) is 0 Å². The standard InChI is InChI=1S/C8H12N4O/c9-12-11-7-4-5-1-2-6(3-5)10-8(7)13/h5-7H,1-4H2,(H,10,13). The van der Waals surface area contributed by atoms with Crippen LogP contribution in [0.3, 0.4) is 0 Å². The number of fused-ring (bicyclic) bond motifs is 2. The van der Waals surface area contributed by atoms with Gasteiger partial charge in [0, 0.05) is 11.0 Å². The number of nitrogens with zero attached hydrogens (tertiary/aromatic N) is 3. The van der Waals surface area contributed by atoms with Gasteiger partial charge in [0.2, 0.25) is 5.91 Å². The molecule has 0 aromatic heterocycles. The molecule has 0 spiro atoms. The van der Waals surface area contributed by atoms with Gasteiger partial charge in [-0.1, -0.05) is 5.11 Å². The third-order valence-corrected chi connectivity index (χ3v) is 2.94. The van der Waals surface area contributed by atoms with E-state index in [1.807, 2.05) is 0 Å². The van der Waals surface area contributed by atoms with Gasteiger partial charge < -0.3 is 5.32 Å². The summed E-state index contributed by atoms with van der Waals surface area (Å²) in [5, 5.41) is 6.41. The molecule has 1 amide bonds. The van der Waals surface area contributed by atoms with Crippen LogP contribution in [-0.2, 0) is 4.79 Å². The van der Waals surface area contributed by atoms with Crippen molar-refractivity contribution in [2.24, 2.45) is 11.0 Å². The van der Waals surface area contributed by atoms with Crippen LogP contribution in [0.15, 0.2) is 5.11 Å². The Labute approximate surface area is 76.1 Å². The molecule has 0 radical (unpaired) electrons. The summed E-state index contributed by atoms with van der Waals surface area (Å²) in [5.41, 5.74) is 8.28. The van der Waals surface area contributed by atoms with E-state index in [1.54, 1.807) is 0 Å². The van der Waals surface area contributed by atoms with Crippen molar-refractivity contribution in [1.29, 1.82) is 0 Å². The maximum atomic E-state index is 11.4. The first kappa shape index (κ1) is 8.38. The fraction of sp³-hybridized carbons (Fsp3) is 0.875. The summed E-state index contributed by atoms with van der Waals surface area (Å²) < 4.78 is 0. The van der Waals surface area contributed by atoms with Crippen LogP contribution >= 0.6 is 0 Å². The van der Waals surface area contributed by atoms with Crippen molar-refractivity contribution in [3.63, 3.8) is 0 Å². The number of azide groups is 1. The summed E-state index contributed by atoms with van der Waals surface area (Å²) in [6.45, 7) is 0. The Kier molecular flexibility index (Phi) is 2.10. The van der Waals surface area contributed by atoms with Crippen LogP contribution in [0.4, 0.5) is 0 Å². The molecule has 1 aliphatic heterocycles. The maximum Gasteiger partial charge on any atom is 0.229 e. The van der Waals surface area contributed by atoms with Crippen molar-refractivity contribution in [2.75, 3.05) is 0 Å². The second-order valence-corrected chi connectivity index (χ2v) is 3.84. The molecule has 0 aromatic rings. The van der Waals surface area contributed by atoms with Gasteiger partial charge in [-0.25, -0.2) is 0 Å². The van der Waals surface area contributed by atoms with Gasteiger partial charge >= 0.3 is 0 Å². The van der Waals surface area contributed by atoms with Gasteiger partial charge in [0.1, 0.15) is 6.04 Å². The molecule has 3 unspecified atom stereocenters. The van der Waals surface area contributed by atoms with Crippen molar-refractivity contribution in [3.05, 3.63) is 10.4 Å². The van der Waals surface area contributed by atoms with Crippen molar-refractivity contribution in [1.82, 2.24) is 5.32 Å². The van der Waals surface area contributed by atoms with Gasteiger partial charge in [-0.05, 0) is 37.1 Å². The van der Waals surface area contributed by atoms with Crippen molar-refractivity contribution in [2.45, 2.75) is 37.8 Å².